The Morgan fingerprint density at radius 3 is 2.58 bits per heavy atom. The second-order valence-corrected chi connectivity index (χ2v) is 14.7. The number of hydrogen-bond acceptors (Lipinski definition) is 10. The van der Waals surface area contributed by atoms with Crippen LogP contribution in [0.1, 0.15) is 0 Å². The van der Waals surface area contributed by atoms with E-state index >= 15 is 0 Å². The minimum Gasteiger partial charge on any atom is -0.494 e. The average Bonchev–Trinajstić information content (AvgIpc) is 3.44. The Labute approximate surface area is 258 Å². The molecule has 0 spiro atoms. The van der Waals surface area contributed by atoms with Crippen molar-refractivity contribution in [3.05, 3.63) is 65.7 Å². The first-order valence-corrected chi connectivity index (χ1v) is 17.3. The fraction of sp³-hybridized carbons (Fsp3) is 0.267. The molecule has 0 unspecified atom stereocenters. The maximum Gasteiger partial charge on any atom is 0.229 e. The molecule has 5 aromatic rings. The molecule has 3 aromatic heterocycles. The summed E-state index contributed by atoms with van der Waals surface area (Å²) in [6, 6.07) is 11.7. The Balaban J connectivity index is 1.38. The number of anilines is 5. The molecule has 2 aromatic carbocycles. The van der Waals surface area contributed by atoms with E-state index in [1.54, 1.807) is 37.5 Å². The summed E-state index contributed by atoms with van der Waals surface area (Å²) in [6.07, 6.45) is 7.29. The molecular weight excluding hydrogens is 629 g/mol. The third-order valence-corrected chi connectivity index (χ3v) is 9.47. The molecule has 13 heteroatoms. The summed E-state index contributed by atoms with van der Waals surface area (Å²) in [5.41, 5.74) is 5.33. The molecule has 222 valence electrons. The largest absolute Gasteiger partial charge is 0.494 e. The van der Waals surface area contributed by atoms with Gasteiger partial charge in [-0.2, -0.15) is 10.1 Å². The van der Waals surface area contributed by atoms with Crippen molar-refractivity contribution in [1.82, 2.24) is 30.0 Å². The second kappa shape index (κ2) is 11.9. The van der Waals surface area contributed by atoms with Crippen molar-refractivity contribution in [2.24, 2.45) is 7.05 Å². The first kappa shape index (κ1) is 29.1. The van der Waals surface area contributed by atoms with Crippen LogP contribution in [-0.2, 0) is 11.6 Å². The molecule has 1 aliphatic rings. The maximum absolute atomic E-state index is 13.4. The summed E-state index contributed by atoms with van der Waals surface area (Å²) in [7, 11) is 0.880. The minimum absolute atomic E-state index is 0.372. The minimum atomic E-state index is -2.69. The molecule has 0 radical (unpaired) electrons. The van der Waals surface area contributed by atoms with Gasteiger partial charge in [0, 0.05) is 85.4 Å². The van der Waals surface area contributed by atoms with Crippen LogP contribution in [-0.4, -0.2) is 71.4 Å². The molecule has 0 saturated carbocycles. The molecule has 11 nitrogen and oxygen atoms in total. The predicted molar refractivity (Wildman–Crippen MR) is 177 cm³/mol. The van der Waals surface area contributed by atoms with E-state index in [0.717, 1.165) is 64.9 Å². The van der Waals surface area contributed by atoms with E-state index in [1.165, 1.54) is 0 Å². The molecule has 0 atom stereocenters. The number of aryl methyl sites for hydroxylation is 1. The van der Waals surface area contributed by atoms with E-state index in [9.17, 15) is 4.57 Å². The van der Waals surface area contributed by atoms with Crippen LogP contribution in [0.5, 0.6) is 5.75 Å². The number of aromatic nitrogens is 5. The Hall–Kier alpha value is -3.99. The number of rotatable bonds is 8. The van der Waals surface area contributed by atoms with Gasteiger partial charge in [-0.05, 0) is 53.5 Å². The Morgan fingerprint density at radius 2 is 1.86 bits per heavy atom. The van der Waals surface area contributed by atoms with Gasteiger partial charge in [-0.3, -0.25) is 9.67 Å². The van der Waals surface area contributed by atoms with Gasteiger partial charge in [-0.25, -0.2) is 4.98 Å². The van der Waals surface area contributed by atoms with E-state index in [4.69, 9.17) is 9.72 Å². The van der Waals surface area contributed by atoms with Crippen molar-refractivity contribution in [2.45, 2.75) is 0 Å². The fourth-order valence-corrected chi connectivity index (χ4v) is 7.15. The van der Waals surface area contributed by atoms with E-state index in [-0.39, 0.29) is 0 Å². The number of benzene rings is 2. The highest BCUT2D eigenvalue weighted by Gasteiger charge is 2.23. The molecule has 1 saturated heterocycles. The Kier molecular flexibility index (Phi) is 8.09. The van der Waals surface area contributed by atoms with E-state index in [0.29, 0.717) is 27.7 Å². The summed E-state index contributed by atoms with van der Waals surface area (Å²) >= 11 is 3.58. The molecule has 0 amide bonds. The lowest BCUT2D eigenvalue weighted by Gasteiger charge is -2.31. The number of fused-ring (bicyclic) bond motifs is 1. The Morgan fingerprint density at radius 1 is 1.05 bits per heavy atom. The van der Waals surface area contributed by atoms with Gasteiger partial charge in [0.15, 0.2) is 0 Å². The topological polar surface area (TPSA) is 122 Å². The van der Waals surface area contributed by atoms with Crippen LogP contribution in [0.25, 0.3) is 22.0 Å². The molecule has 0 bridgehead atoms. The Bertz CT molecular complexity index is 1850. The van der Waals surface area contributed by atoms with Crippen LogP contribution in [0.3, 0.4) is 0 Å². The van der Waals surface area contributed by atoms with Crippen LogP contribution in [0, 0.1) is 0 Å². The zero-order valence-electron chi connectivity index (χ0n) is 24.4. The van der Waals surface area contributed by atoms with Gasteiger partial charge in [0.2, 0.25) is 5.95 Å². The number of nitrogens with one attached hydrogen (secondary N) is 3. The number of pyridine rings is 1. The smallest absolute Gasteiger partial charge is 0.229 e. The van der Waals surface area contributed by atoms with Gasteiger partial charge in [0.25, 0.3) is 0 Å². The number of ether oxygens (including phenoxy) is 1. The summed E-state index contributed by atoms with van der Waals surface area (Å²) in [4.78, 5) is 16.1. The lowest BCUT2D eigenvalue weighted by molar-refractivity contribution is 0.416. The summed E-state index contributed by atoms with van der Waals surface area (Å²) < 4.78 is 21.8. The van der Waals surface area contributed by atoms with Crippen LogP contribution in [0.4, 0.5) is 28.8 Å². The lowest BCUT2D eigenvalue weighted by Crippen LogP contribution is -2.43. The van der Waals surface area contributed by atoms with E-state index in [1.807, 2.05) is 43.7 Å². The number of hydrogen-bond donors (Lipinski definition) is 3. The highest BCUT2D eigenvalue weighted by molar-refractivity contribution is 9.10. The monoisotopic (exact) mass is 661 g/mol. The first-order chi connectivity index (χ1) is 20.7. The number of halogens is 1. The highest BCUT2D eigenvalue weighted by atomic mass is 79.9. The highest BCUT2D eigenvalue weighted by Crippen LogP contribution is 2.43. The van der Waals surface area contributed by atoms with Crippen LogP contribution >= 0.6 is 23.1 Å². The van der Waals surface area contributed by atoms with Crippen molar-refractivity contribution < 1.29 is 9.30 Å². The van der Waals surface area contributed by atoms with E-state index < -0.39 is 7.14 Å². The predicted octanol–water partition coefficient (Wildman–Crippen LogP) is 5.34. The lowest BCUT2D eigenvalue weighted by atomic mass is 10.0. The third-order valence-electron chi connectivity index (χ3n) is 7.33. The maximum atomic E-state index is 13.4. The van der Waals surface area contributed by atoms with Crippen molar-refractivity contribution in [2.75, 3.05) is 62.2 Å². The first-order valence-electron chi connectivity index (χ1n) is 13.9. The molecule has 6 rings (SSSR count). The second-order valence-electron chi connectivity index (χ2n) is 10.7. The van der Waals surface area contributed by atoms with Crippen molar-refractivity contribution in [3.8, 4) is 16.9 Å². The van der Waals surface area contributed by atoms with Gasteiger partial charge >= 0.3 is 0 Å². The van der Waals surface area contributed by atoms with Crippen molar-refractivity contribution >= 4 is 68.1 Å². The third kappa shape index (κ3) is 6.08. The zero-order valence-corrected chi connectivity index (χ0v) is 26.9. The van der Waals surface area contributed by atoms with Gasteiger partial charge < -0.3 is 30.2 Å². The zero-order chi connectivity index (χ0) is 30.1. The van der Waals surface area contributed by atoms with Gasteiger partial charge in [-0.1, -0.05) is 6.07 Å². The van der Waals surface area contributed by atoms with Crippen molar-refractivity contribution in [3.63, 3.8) is 0 Å². The standard InChI is InChI=1S/C30H33BrN9O2P/c1-39-18-19(16-35-39)21-14-25(27(42-2)15-26(21)40-12-10-32-11-13-40)37-30-34-17-22(31)29(38-30)36-24-8-7-23-20(6-5-9-33-23)28(24)43(3,4)41/h5-9,14-18,32H,10-13H2,1-4H3,(H2,34,36,37,38). The van der Waals surface area contributed by atoms with Crippen molar-refractivity contribution in [1.29, 1.82) is 0 Å². The van der Waals surface area contributed by atoms with Gasteiger partial charge in [0.05, 0.1) is 34.7 Å². The molecule has 1 aliphatic heterocycles. The summed E-state index contributed by atoms with van der Waals surface area (Å²) in [6.45, 7) is 7.14. The molecule has 43 heavy (non-hydrogen) atoms. The SMILES string of the molecule is COc1cc(N2CCNCC2)c(-c2cnn(C)c2)cc1Nc1ncc(Br)c(Nc2ccc3ncccc3c2P(C)(C)=O)n1. The molecule has 1 fully saturated rings. The van der Waals surface area contributed by atoms with Gasteiger partial charge in [0.1, 0.15) is 18.7 Å². The normalized spacial score (nSPS) is 13.7. The van der Waals surface area contributed by atoms with Crippen LogP contribution in [0.2, 0.25) is 0 Å². The molecule has 0 aliphatic carbocycles. The van der Waals surface area contributed by atoms with Gasteiger partial charge in [-0.15, -0.1) is 0 Å². The van der Waals surface area contributed by atoms with Crippen LogP contribution < -0.4 is 30.9 Å². The summed E-state index contributed by atoms with van der Waals surface area (Å²) in [5.74, 6) is 1.57. The summed E-state index contributed by atoms with van der Waals surface area (Å²) in [5, 5.41) is 16.2. The number of nitrogens with zero attached hydrogens (tertiary/aromatic N) is 6. The molecule has 3 N–H and O–H groups in total. The average molecular weight is 663 g/mol. The quantitative estimate of drug-likeness (QED) is 0.188. The van der Waals surface area contributed by atoms with Crippen LogP contribution in [0.15, 0.2) is 65.7 Å². The van der Waals surface area contributed by atoms with E-state index in [2.05, 4.69) is 64.0 Å². The number of methoxy groups -OCH3 is 1. The fourth-order valence-electron chi connectivity index (χ4n) is 5.38. The molecular formula is C30H33BrN9O2P. The number of piperazine rings is 1. The molecule has 4 heterocycles.